The van der Waals surface area contributed by atoms with Crippen LogP contribution in [0.15, 0.2) is 12.2 Å². The van der Waals surface area contributed by atoms with Crippen molar-refractivity contribution in [3.8, 4) is 0 Å². The molecule has 0 aromatic rings. The van der Waals surface area contributed by atoms with Gasteiger partial charge in [0.1, 0.15) is 0 Å². The van der Waals surface area contributed by atoms with E-state index in [9.17, 15) is 4.79 Å². The lowest BCUT2D eigenvalue weighted by atomic mass is 9.58. The number of carbonyl (C=O) groups is 1. The molecule has 7 atom stereocenters. The van der Waals surface area contributed by atoms with Crippen molar-refractivity contribution in [3.05, 3.63) is 12.2 Å². The van der Waals surface area contributed by atoms with Crippen molar-refractivity contribution < 1.29 is 9.53 Å². The highest BCUT2D eigenvalue weighted by Gasteiger charge is 2.50. The van der Waals surface area contributed by atoms with Gasteiger partial charge in [-0.05, 0) is 50.4 Å². The van der Waals surface area contributed by atoms with Crippen molar-refractivity contribution in [2.75, 3.05) is 6.61 Å². The van der Waals surface area contributed by atoms with Gasteiger partial charge in [0.15, 0.2) is 0 Å². The van der Waals surface area contributed by atoms with Crippen LogP contribution in [-0.2, 0) is 9.53 Å². The first-order valence-corrected chi connectivity index (χ1v) is 9.83. The smallest absolute Gasteiger partial charge is 0.309 e. The quantitative estimate of drug-likeness (QED) is 0.623. The van der Waals surface area contributed by atoms with E-state index in [-0.39, 0.29) is 11.9 Å². The third-order valence-electron chi connectivity index (χ3n) is 6.97. The van der Waals surface area contributed by atoms with Crippen molar-refractivity contribution >= 4 is 5.97 Å². The Morgan fingerprint density at radius 1 is 1.04 bits per heavy atom. The number of fused-ring (bicyclic) bond motifs is 2. The summed E-state index contributed by atoms with van der Waals surface area (Å²) in [5.41, 5.74) is 0. The average molecular weight is 317 g/mol. The van der Waals surface area contributed by atoms with Crippen molar-refractivity contribution in [2.45, 2.75) is 70.4 Å². The summed E-state index contributed by atoms with van der Waals surface area (Å²) in [6, 6.07) is 1.16. The lowest BCUT2D eigenvalue weighted by molar-refractivity contribution is -0.142. The number of hydrogen-bond acceptors (Lipinski definition) is 3. The van der Waals surface area contributed by atoms with Crippen LogP contribution in [0.4, 0.5) is 0 Å². The van der Waals surface area contributed by atoms with Gasteiger partial charge in [-0.1, -0.05) is 37.8 Å². The molecule has 0 aromatic heterocycles. The first-order valence-electron chi connectivity index (χ1n) is 9.83. The van der Waals surface area contributed by atoms with Gasteiger partial charge < -0.3 is 10.1 Å². The van der Waals surface area contributed by atoms with Gasteiger partial charge in [-0.3, -0.25) is 4.79 Å². The number of ether oxygens (including phenoxy) is 1. The molecule has 7 unspecified atom stereocenters. The molecule has 2 saturated heterocycles. The standard InChI is InChI=1S/C20H31NO2/c1-13-5-4-7-15(21-13)9-10-17-16-8-3-2-6-14(16)11-18-19(17)12-23-20(18)22/h9-10,13-19,21H,2-8,11-12H2,1H3/b10-9+. The normalized spacial score (nSPS) is 47.2. The highest BCUT2D eigenvalue weighted by Crippen LogP contribution is 2.51. The molecule has 128 valence electrons. The fraction of sp³-hybridized carbons (Fsp3) is 0.850. The first-order chi connectivity index (χ1) is 11.2. The summed E-state index contributed by atoms with van der Waals surface area (Å²) >= 11 is 0. The molecule has 23 heavy (non-hydrogen) atoms. The summed E-state index contributed by atoms with van der Waals surface area (Å²) in [5, 5.41) is 3.71. The zero-order chi connectivity index (χ0) is 15.8. The van der Waals surface area contributed by atoms with Crippen LogP contribution in [-0.4, -0.2) is 24.7 Å². The molecule has 2 aliphatic carbocycles. The second-order valence-corrected chi connectivity index (χ2v) is 8.41. The van der Waals surface area contributed by atoms with Crippen molar-refractivity contribution in [1.82, 2.24) is 5.32 Å². The van der Waals surface area contributed by atoms with E-state index in [4.69, 9.17) is 4.74 Å². The Morgan fingerprint density at radius 3 is 2.78 bits per heavy atom. The molecular weight excluding hydrogens is 286 g/mol. The number of cyclic esters (lactones) is 1. The van der Waals surface area contributed by atoms with Gasteiger partial charge in [0.25, 0.3) is 0 Å². The molecule has 3 nitrogen and oxygen atoms in total. The molecule has 0 radical (unpaired) electrons. The van der Waals surface area contributed by atoms with E-state index >= 15 is 0 Å². The van der Waals surface area contributed by atoms with E-state index in [0.29, 0.717) is 30.5 Å². The second kappa shape index (κ2) is 6.58. The minimum atomic E-state index is 0.0850. The van der Waals surface area contributed by atoms with E-state index in [1.165, 1.54) is 44.9 Å². The predicted molar refractivity (Wildman–Crippen MR) is 90.9 cm³/mol. The molecule has 4 fully saturated rings. The van der Waals surface area contributed by atoms with Crippen LogP contribution in [0.1, 0.15) is 58.3 Å². The first kappa shape index (κ1) is 15.7. The van der Waals surface area contributed by atoms with Gasteiger partial charge in [0, 0.05) is 18.0 Å². The monoisotopic (exact) mass is 317 g/mol. The van der Waals surface area contributed by atoms with Gasteiger partial charge in [0.05, 0.1) is 12.5 Å². The summed E-state index contributed by atoms with van der Waals surface area (Å²) < 4.78 is 5.46. The Labute approximate surface area is 140 Å². The van der Waals surface area contributed by atoms with Crippen LogP contribution in [0.5, 0.6) is 0 Å². The number of piperidine rings is 1. The molecule has 1 N–H and O–H groups in total. The molecule has 4 aliphatic rings. The van der Waals surface area contributed by atoms with Crippen LogP contribution >= 0.6 is 0 Å². The highest BCUT2D eigenvalue weighted by molar-refractivity contribution is 5.75. The predicted octanol–water partition coefficient (Wildman–Crippen LogP) is 3.69. The van der Waals surface area contributed by atoms with Crippen LogP contribution in [0.2, 0.25) is 0 Å². The summed E-state index contributed by atoms with van der Waals surface area (Å²) in [7, 11) is 0. The minimum Gasteiger partial charge on any atom is -0.465 e. The molecule has 0 aromatic carbocycles. The Kier molecular flexibility index (Phi) is 4.49. The number of rotatable bonds is 2. The van der Waals surface area contributed by atoms with Crippen LogP contribution in [0.25, 0.3) is 0 Å². The van der Waals surface area contributed by atoms with Gasteiger partial charge in [-0.2, -0.15) is 0 Å². The van der Waals surface area contributed by atoms with Crippen LogP contribution in [0, 0.1) is 29.6 Å². The summed E-state index contributed by atoms with van der Waals surface area (Å²) in [6.07, 6.45) is 15.3. The summed E-state index contributed by atoms with van der Waals surface area (Å²) in [5.74, 6) is 2.81. The van der Waals surface area contributed by atoms with Crippen LogP contribution < -0.4 is 5.32 Å². The zero-order valence-electron chi connectivity index (χ0n) is 14.4. The van der Waals surface area contributed by atoms with Gasteiger partial charge in [-0.25, -0.2) is 0 Å². The van der Waals surface area contributed by atoms with Gasteiger partial charge in [-0.15, -0.1) is 0 Å². The van der Waals surface area contributed by atoms with Crippen LogP contribution in [0.3, 0.4) is 0 Å². The van der Waals surface area contributed by atoms with E-state index < -0.39 is 0 Å². The lowest BCUT2D eigenvalue weighted by Crippen LogP contribution is -2.42. The molecular formula is C20H31NO2. The number of carbonyl (C=O) groups excluding carboxylic acids is 1. The SMILES string of the molecule is CC1CCCC(/C=C/C2C3CCCCC3CC3C(=O)OCC32)N1. The average Bonchev–Trinajstić information content (AvgIpc) is 2.93. The summed E-state index contributed by atoms with van der Waals surface area (Å²) in [4.78, 5) is 12.1. The number of esters is 1. The fourth-order valence-electron chi connectivity index (χ4n) is 5.78. The van der Waals surface area contributed by atoms with E-state index in [0.717, 1.165) is 18.3 Å². The topological polar surface area (TPSA) is 38.3 Å². The van der Waals surface area contributed by atoms with Crippen molar-refractivity contribution in [2.24, 2.45) is 29.6 Å². The molecule has 0 spiro atoms. The maximum absolute atomic E-state index is 12.1. The largest absolute Gasteiger partial charge is 0.465 e. The van der Waals surface area contributed by atoms with E-state index in [1.54, 1.807) is 0 Å². The molecule has 3 heteroatoms. The second-order valence-electron chi connectivity index (χ2n) is 8.41. The maximum atomic E-state index is 12.1. The Bertz CT molecular complexity index is 474. The molecule has 4 rings (SSSR count). The summed E-state index contributed by atoms with van der Waals surface area (Å²) in [6.45, 7) is 2.95. The number of hydrogen-bond donors (Lipinski definition) is 1. The molecule has 2 saturated carbocycles. The van der Waals surface area contributed by atoms with Crippen molar-refractivity contribution in [3.63, 3.8) is 0 Å². The van der Waals surface area contributed by atoms with E-state index in [1.807, 2.05) is 0 Å². The third-order valence-corrected chi connectivity index (χ3v) is 6.97. The van der Waals surface area contributed by atoms with Gasteiger partial charge in [0.2, 0.25) is 0 Å². The molecule has 0 bridgehead atoms. The number of nitrogens with one attached hydrogen (secondary N) is 1. The van der Waals surface area contributed by atoms with Gasteiger partial charge >= 0.3 is 5.97 Å². The third kappa shape index (κ3) is 3.09. The maximum Gasteiger partial charge on any atom is 0.309 e. The fourth-order valence-corrected chi connectivity index (χ4v) is 5.78. The zero-order valence-corrected chi connectivity index (χ0v) is 14.4. The molecule has 2 aliphatic heterocycles. The Hall–Kier alpha value is -0.830. The Balaban J connectivity index is 1.52. The Morgan fingerprint density at radius 2 is 1.91 bits per heavy atom. The molecule has 2 heterocycles. The lowest BCUT2D eigenvalue weighted by Gasteiger charge is -2.45. The number of allylic oxidation sites excluding steroid dienone is 1. The highest BCUT2D eigenvalue weighted by atomic mass is 16.5. The van der Waals surface area contributed by atoms with Crippen molar-refractivity contribution in [1.29, 1.82) is 0 Å². The minimum absolute atomic E-state index is 0.0850. The van der Waals surface area contributed by atoms with E-state index in [2.05, 4.69) is 24.4 Å². The molecule has 0 amide bonds.